The van der Waals surface area contributed by atoms with Crippen LogP contribution < -0.4 is 9.47 Å². The van der Waals surface area contributed by atoms with Gasteiger partial charge in [0.25, 0.3) is 0 Å². The molecule has 0 unspecified atom stereocenters. The molecule has 1 rings (SSSR count). The minimum atomic E-state index is 0.130. The number of ether oxygens (including phenoxy) is 2. The first-order chi connectivity index (χ1) is 8.49. The molecule has 0 amide bonds. The van der Waals surface area contributed by atoms with Gasteiger partial charge in [-0.2, -0.15) is 0 Å². The summed E-state index contributed by atoms with van der Waals surface area (Å²) in [6, 6.07) is 0. The lowest BCUT2D eigenvalue weighted by molar-refractivity contribution is -0.108. The lowest BCUT2D eigenvalue weighted by atomic mass is 9.88. The summed E-state index contributed by atoms with van der Waals surface area (Å²) in [6.45, 7) is 8.10. The average Bonchev–Trinajstić information content (AvgIpc) is 2.34. The summed E-state index contributed by atoms with van der Waals surface area (Å²) in [7, 11) is 3.35. The highest BCUT2D eigenvalue weighted by atomic mass is 16.5. The van der Waals surface area contributed by atoms with E-state index in [1.165, 1.54) is 0 Å². The number of benzene rings is 1. The van der Waals surface area contributed by atoms with E-state index in [2.05, 4.69) is 0 Å². The molecule has 0 bridgehead atoms. The summed E-state index contributed by atoms with van der Waals surface area (Å²) in [6.07, 6.45) is 1.44. The van der Waals surface area contributed by atoms with Crippen LogP contribution in [0.15, 0.2) is 0 Å². The van der Waals surface area contributed by atoms with E-state index >= 15 is 0 Å². The molecule has 0 spiro atoms. The van der Waals surface area contributed by atoms with Crippen molar-refractivity contribution in [3.05, 3.63) is 22.3 Å². The molecular weight excluding hydrogens is 228 g/mol. The Bertz CT molecular complexity index is 450. The minimum Gasteiger partial charge on any atom is -0.496 e. The SMILES string of the molecule is COc1c(C)c(C)c(OC)c([C@H](C)CC=O)c1C. The molecule has 1 aromatic rings. The lowest BCUT2D eigenvalue weighted by Crippen LogP contribution is -2.07. The molecule has 0 heterocycles. The summed E-state index contributed by atoms with van der Waals surface area (Å²) in [5.41, 5.74) is 4.30. The molecule has 0 saturated heterocycles. The third kappa shape index (κ3) is 2.35. The van der Waals surface area contributed by atoms with Gasteiger partial charge >= 0.3 is 0 Å². The van der Waals surface area contributed by atoms with E-state index < -0.39 is 0 Å². The van der Waals surface area contributed by atoms with Crippen LogP contribution in [0.1, 0.15) is 41.5 Å². The molecule has 3 heteroatoms. The van der Waals surface area contributed by atoms with Crippen LogP contribution in [0.3, 0.4) is 0 Å². The Labute approximate surface area is 109 Å². The second-order valence-electron chi connectivity index (χ2n) is 4.66. The van der Waals surface area contributed by atoms with Crippen LogP contribution in [0, 0.1) is 20.8 Å². The first kappa shape index (κ1) is 14.6. The second kappa shape index (κ2) is 5.89. The monoisotopic (exact) mass is 250 g/mol. The van der Waals surface area contributed by atoms with Gasteiger partial charge in [0.05, 0.1) is 14.2 Å². The zero-order chi connectivity index (χ0) is 13.9. The number of carbonyl (C=O) groups excluding carboxylic acids is 1. The third-order valence-corrected chi connectivity index (χ3v) is 3.58. The summed E-state index contributed by atoms with van der Waals surface area (Å²) in [5.74, 6) is 1.90. The molecule has 1 atom stereocenters. The topological polar surface area (TPSA) is 35.5 Å². The quantitative estimate of drug-likeness (QED) is 0.752. The van der Waals surface area contributed by atoms with Gasteiger partial charge in [-0.3, -0.25) is 0 Å². The molecule has 1 aromatic carbocycles. The molecule has 0 aliphatic heterocycles. The standard InChI is InChI=1S/C15H22O3/c1-9(7-8-16)13-12(4)14(17-5)10(2)11(3)15(13)18-6/h8-9H,7H2,1-6H3/t9-/m1/s1. The molecule has 0 fully saturated rings. The molecule has 0 aliphatic rings. The van der Waals surface area contributed by atoms with Gasteiger partial charge in [-0.1, -0.05) is 6.92 Å². The van der Waals surface area contributed by atoms with E-state index in [1.54, 1.807) is 14.2 Å². The minimum absolute atomic E-state index is 0.130. The Morgan fingerprint density at radius 3 is 1.94 bits per heavy atom. The molecular formula is C15H22O3. The Hall–Kier alpha value is -1.51. The van der Waals surface area contributed by atoms with Crippen molar-refractivity contribution in [2.24, 2.45) is 0 Å². The van der Waals surface area contributed by atoms with Crippen molar-refractivity contribution in [2.75, 3.05) is 14.2 Å². The molecule has 0 aromatic heterocycles. The maximum Gasteiger partial charge on any atom is 0.126 e. The highest BCUT2D eigenvalue weighted by Gasteiger charge is 2.22. The summed E-state index contributed by atoms with van der Waals surface area (Å²) in [4.78, 5) is 10.7. The van der Waals surface area contributed by atoms with Crippen LogP contribution in [-0.4, -0.2) is 20.5 Å². The van der Waals surface area contributed by atoms with Crippen LogP contribution in [0.25, 0.3) is 0 Å². The van der Waals surface area contributed by atoms with E-state index in [4.69, 9.17) is 9.47 Å². The van der Waals surface area contributed by atoms with Crippen molar-refractivity contribution >= 4 is 6.29 Å². The highest BCUT2D eigenvalue weighted by Crippen LogP contribution is 2.41. The van der Waals surface area contributed by atoms with E-state index in [0.29, 0.717) is 6.42 Å². The maximum absolute atomic E-state index is 10.7. The fraction of sp³-hybridized carbons (Fsp3) is 0.533. The smallest absolute Gasteiger partial charge is 0.126 e. The lowest BCUT2D eigenvalue weighted by Gasteiger charge is -2.23. The number of rotatable bonds is 5. The fourth-order valence-corrected chi connectivity index (χ4v) is 2.54. The predicted octanol–water partition coefficient (Wildman–Crippen LogP) is 3.32. The third-order valence-electron chi connectivity index (χ3n) is 3.58. The molecule has 0 aliphatic carbocycles. The summed E-state index contributed by atoms with van der Waals surface area (Å²) in [5, 5.41) is 0. The fourth-order valence-electron chi connectivity index (χ4n) is 2.54. The van der Waals surface area contributed by atoms with E-state index in [9.17, 15) is 4.79 Å². The number of aldehydes is 1. The van der Waals surface area contributed by atoms with Gasteiger partial charge < -0.3 is 14.3 Å². The van der Waals surface area contributed by atoms with Gasteiger partial charge in [-0.15, -0.1) is 0 Å². The first-order valence-corrected chi connectivity index (χ1v) is 6.14. The zero-order valence-corrected chi connectivity index (χ0v) is 12.1. The van der Waals surface area contributed by atoms with Gasteiger partial charge in [0.2, 0.25) is 0 Å². The Balaban J connectivity index is 3.56. The van der Waals surface area contributed by atoms with Gasteiger partial charge in [0, 0.05) is 12.0 Å². The normalized spacial score (nSPS) is 12.1. The van der Waals surface area contributed by atoms with Crippen LogP contribution in [0.2, 0.25) is 0 Å². The van der Waals surface area contributed by atoms with Crippen molar-refractivity contribution in [3.63, 3.8) is 0 Å². The van der Waals surface area contributed by atoms with Gasteiger partial charge in [-0.05, 0) is 43.4 Å². The highest BCUT2D eigenvalue weighted by molar-refractivity contribution is 5.61. The molecule has 0 radical (unpaired) electrons. The van der Waals surface area contributed by atoms with Crippen LogP contribution in [0.5, 0.6) is 11.5 Å². The Kier molecular flexibility index (Phi) is 4.76. The maximum atomic E-state index is 10.7. The van der Waals surface area contributed by atoms with Crippen molar-refractivity contribution in [2.45, 2.75) is 40.0 Å². The van der Waals surface area contributed by atoms with E-state index in [0.717, 1.165) is 40.0 Å². The second-order valence-corrected chi connectivity index (χ2v) is 4.66. The van der Waals surface area contributed by atoms with E-state index in [1.807, 2.05) is 27.7 Å². The van der Waals surface area contributed by atoms with Crippen molar-refractivity contribution < 1.29 is 14.3 Å². The number of hydrogen-bond donors (Lipinski definition) is 0. The van der Waals surface area contributed by atoms with E-state index in [-0.39, 0.29) is 5.92 Å². The van der Waals surface area contributed by atoms with Gasteiger partial charge in [0.15, 0.2) is 0 Å². The van der Waals surface area contributed by atoms with Crippen LogP contribution in [-0.2, 0) is 4.79 Å². The number of carbonyl (C=O) groups is 1. The molecule has 100 valence electrons. The molecule has 3 nitrogen and oxygen atoms in total. The van der Waals surface area contributed by atoms with Crippen molar-refractivity contribution in [1.29, 1.82) is 0 Å². The molecule has 18 heavy (non-hydrogen) atoms. The molecule has 0 saturated carbocycles. The first-order valence-electron chi connectivity index (χ1n) is 6.14. The average molecular weight is 250 g/mol. The Morgan fingerprint density at radius 1 is 1.00 bits per heavy atom. The van der Waals surface area contributed by atoms with Crippen LogP contribution in [0.4, 0.5) is 0 Å². The Morgan fingerprint density at radius 2 is 1.50 bits per heavy atom. The van der Waals surface area contributed by atoms with Gasteiger partial charge in [0.1, 0.15) is 17.8 Å². The summed E-state index contributed by atoms with van der Waals surface area (Å²) >= 11 is 0. The van der Waals surface area contributed by atoms with Crippen molar-refractivity contribution in [3.8, 4) is 11.5 Å². The van der Waals surface area contributed by atoms with Crippen molar-refractivity contribution in [1.82, 2.24) is 0 Å². The number of hydrogen-bond acceptors (Lipinski definition) is 3. The van der Waals surface area contributed by atoms with Gasteiger partial charge in [-0.25, -0.2) is 0 Å². The zero-order valence-electron chi connectivity index (χ0n) is 12.1. The summed E-state index contributed by atoms with van der Waals surface area (Å²) < 4.78 is 11.0. The predicted molar refractivity (Wildman–Crippen MR) is 72.9 cm³/mol. The number of methoxy groups -OCH3 is 2. The van der Waals surface area contributed by atoms with Crippen LogP contribution >= 0.6 is 0 Å². The largest absolute Gasteiger partial charge is 0.496 e. The molecule has 0 N–H and O–H groups in total.